The zero-order valence-corrected chi connectivity index (χ0v) is 15.8. The van der Waals surface area contributed by atoms with Gasteiger partial charge in [-0.15, -0.1) is 11.3 Å². The summed E-state index contributed by atoms with van der Waals surface area (Å²) in [5.41, 5.74) is 1.13. The predicted molar refractivity (Wildman–Crippen MR) is 103 cm³/mol. The number of carbonyl (C=O) groups excluding carboxylic acids is 1. The molecule has 0 saturated heterocycles. The smallest absolute Gasteiger partial charge is 0.252 e. The molecule has 0 bridgehead atoms. The van der Waals surface area contributed by atoms with E-state index in [1.807, 2.05) is 38.3 Å². The zero-order valence-electron chi connectivity index (χ0n) is 14.9. The number of thiophene rings is 1. The van der Waals surface area contributed by atoms with Crippen LogP contribution in [0.25, 0.3) is 16.5 Å². The summed E-state index contributed by atoms with van der Waals surface area (Å²) < 4.78 is 1.48. The van der Waals surface area contributed by atoms with Crippen LogP contribution in [0.1, 0.15) is 45.2 Å². The molecule has 26 heavy (non-hydrogen) atoms. The number of rotatable bonds is 6. The molecule has 1 amide bonds. The summed E-state index contributed by atoms with van der Waals surface area (Å²) in [6.45, 7) is 5.88. The molecule has 136 valence electrons. The molecule has 0 atom stereocenters. The highest BCUT2D eigenvalue weighted by molar-refractivity contribution is 7.13. The molecule has 0 fully saturated rings. The number of aromatic amines is 1. The molecule has 2 N–H and O–H groups in total. The van der Waals surface area contributed by atoms with Gasteiger partial charge in [-0.3, -0.25) is 14.6 Å². The van der Waals surface area contributed by atoms with Crippen molar-refractivity contribution in [1.82, 2.24) is 19.7 Å². The van der Waals surface area contributed by atoms with Gasteiger partial charge in [-0.1, -0.05) is 26.8 Å². The van der Waals surface area contributed by atoms with Gasteiger partial charge in [0.25, 0.3) is 5.56 Å². The van der Waals surface area contributed by atoms with Gasteiger partial charge in [0.15, 0.2) is 0 Å². The summed E-state index contributed by atoms with van der Waals surface area (Å²) in [7, 11) is 0. The molecule has 0 aliphatic rings. The van der Waals surface area contributed by atoms with E-state index in [1.54, 1.807) is 17.4 Å². The summed E-state index contributed by atoms with van der Waals surface area (Å²) in [6.07, 6.45) is 1.16. The largest absolute Gasteiger partial charge is 0.310 e. The minimum absolute atomic E-state index is 0.0986. The summed E-state index contributed by atoms with van der Waals surface area (Å²) in [5.74, 6) is 0.766. The third kappa shape index (κ3) is 3.91. The Morgan fingerprint density at radius 2 is 2.19 bits per heavy atom. The van der Waals surface area contributed by atoms with E-state index in [9.17, 15) is 9.59 Å². The molecule has 3 rings (SSSR count). The van der Waals surface area contributed by atoms with Crippen LogP contribution in [0.3, 0.4) is 0 Å². The Morgan fingerprint density at radius 1 is 1.38 bits per heavy atom. The number of anilines is 1. The molecule has 7 nitrogen and oxygen atoms in total. The highest BCUT2D eigenvalue weighted by atomic mass is 32.1. The van der Waals surface area contributed by atoms with E-state index in [0.29, 0.717) is 23.6 Å². The Morgan fingerprint density at radius 3 is 2.85 bits per heavy atom. The van der Waals surface area contributed by atoms with Gasteiger partial charge in [-0.2, -0.15) is 9.78 Å². The average Bonchev–Trinajstić information content (AvgIpc) is 3.23. The molecule has 0 spiro atoms. The second-order valence-electron chi connectivity index (χ2n) is 6.25. The molecular formula is C18H21N5O2S. The maximum absolute atomic E-state index is 12.1. The molecule has 3 heterocycles. The molecule has 0 radical (unpaired) electrons. The highest BCUT2D eigenvalue weighted by Crippen LogP contribution is 2.27. The van der Waals surface area contributed by atoms with Gasteiger partial charge in [0.1, 0.15) is 11.5 Å². The summed E-state index contributed by atoms with van der Waals surface area (Å²) in [4.78, 5) is 32.3. The first-order valence-corrected chi connectivity index (χ1v) is 9.41. The first-order chi connectivity index (χ1) is 12.5. The molecule has 0 saturated carbocycles. The van der Waals surface area contributed by atoms with Crippen molar-refractivity contribution in [3.8, 4) is 16.5 Å². The third-order valence-corrected chi connectivity index (χ3v) is 4.66. The number of nitrogens with zero attached hydrogens (tertiary/aromatic N) is 3. The first kappa shape index (κ1) is 18.1. The number of hydrogen-bond acceptors (Lipinski definition) is 5. The molecule has 3 aromatic rings. The molecular weight excluding hydrogens is 350 g/mol. The Hall–Kier alpha value is -2.74. The zero-order chi connectivity index (χ0) is 18.7. The lowest BCUT2D eigenvalue weighted by Gasteiger charge is -2.10. The van der Waals surface area contributed by atoms with E-state index in [0.717, 1.165) is 11.3 Å². The fourth-order valence-corrected chi connectivity index (χ4v) is 3.15. The number of aromatic nitrogens is 4. The summed E-state index contributed by atoms with van der Waals surface area (Å²) >= 11 is 1.55. The van der Waals surface area contributed by atoms with E-state index in [4.69, 9.17) is 0 Å². The lowest BCUT2D eigenvalue weighted by Crippen LogP contribution is -2.19. The summed E-state index contributed by atoms with van der Waals surface area (Å²) in [5, 5.41) is 9.38. The van der Waals surface area contributed by atoms with Gasteiger partial charge >= 0.3 is 0 Å². The van der Waals surface area contributed by atoms with Gasteiger partial charge in [0.2, 0.25) is 11.9 Å². The van der Waals surface area contributed by atoms with Crippen molar-refractivity contribution in [2.24, 2.45) is 0 Å². The Balaban J connectivity index is 2.10. The number of H-pyrrole nitrogens is 1. The van der Waals surface area contributed by atoms with Crippen molar-refractivity contribution in [1.29, 1.82) is 0 Å². The first-order valence-electron chi connectivity index (χ1n) is 8.53. The van der Waals surface area contributed by atoms with Gasteiger partial charge in [0, 0.05) is 18.6 Å². The number of nitrogens with one attached hydrogen (secondary N) is 2. The SMILES string of the molecule is CCCC(=O)Nc1cc(-c2cccs2)nn1-c1nc(C(C)C)cc(=O)[nH]1. The van der Waals surface area contributed by atoms with Gasteiger partial charge in [-0.25, -0.2) is 4.98 Å². The van der Waals surface area contributed by atoms with Gasteiger partial charge in [-0.05, 0) is 23.8 Å². The van der Waals surface area contributed by atoms with Crippen LogP contribution >= 0.6 is 11.3 Å². The summed E-state index contributed by atoms with van der Waals surface area (Å²) in [6, 6.07) is 7.16. The standard InChI is InChI=1S/C18H21N5O2S/c1-4-6-16(24)20-15-9-13(14-7-5-8-26-14)22-23(15)18-19-12(11(2)3)10-17(25)21-18/h5,7-11H,4,6H2,1-3H3,(H,20,24)(H,19,21,25). The lowest BCUT2D eigenvalue weighted by molar-refractivity contribution is -0.116. The number of amides is 1. The van der Waals surface area contributed by atoms with Crippen LogP contribution < -0.4 is 10.9 Å². The molecule has 0 aliphatic carbocycles. The lowest BCUT2D eigenvalue weighted by atomic mass is 10.1. The van der Waals surface area contributed by atoms with Crippen LogP contribution in [0, 0.1) is 0 Å². The van der Waals surface area contributed by atoms with Crippen LogP contribution in [0.15, 0.2) is 34.4 Å². The highest BCUT2D eigenvalue weighted by Gasteiger charge is 2.16. The molecule has 0 aliphatic heterocycles. The topological polar surface area (TPSA) is 92.7 Å². The third-order valence-electron chi connectivity index (χ3n) is 3.77. The maximum atomic E-state index is 12.1. The quantitative estimate of drug-likeness (QED) is 0.693. The van der Waals surface area contributed by atoms with Crippen molar-refractivity contribution < 1.29 is 4.79 Å². The average molecular weight is 371 g/mol. The fourth-order valence-electron chi connectivity index (χ4n) is 2.47. The monoisotopic (exact) mass is 371 g/mol. The fraction of sp³-hybridized carbons (Fsp3) is 0.333. The Kier molecular flexibility index (Phi) is 5.32. The van der Waals surface area contributed by atoms with Gasteiger partial charge in [0.05, 0.1) is 10.6 Å². The Labute approximate surface area is 155 Å². The van der Waals surface area contributed by atoms with Crippen LogP contribution in [-0.2, 0) is 4.79 Å². The van der Waals surface area contributed by atoms with Crippen LogP contribution in [-0.4, -0.2) is 25.7 Å². The number of hydrogen-bond donors (Lipinski definition) is 2. The van der Waals surface area contributed by atoms with Crippen molar-refractivity contribution in [2.75, 3.05) is 5.32 Å². The molecule has 8 heteroatoms. The van der Waals surface area contributed by atoms with Crippen LogP contribution in [0.5, 0.6) is 0 Å². The van der Waals surface area contributed by atoms with E-state index >= 15 is 0 Å². The van der Waals surface area contributed by atoms with E-state index in [-0.39, 0.29) is 23.3 Å². The van der Waals surface area contributed by atoms with Crippen molar-refractivity contribution in [3.05, 3.63) is 45.7 Å². The molecule has 3 aromatic heterocycles. The molecule has 0 aromatic carbocycles. The van der Waals surface area contributed by atoms with E-state index in [1.165, 1.54) is 10.7 Å². The van der Waals surface area contributed by atoms with Gasteiger partial charge < -0.3 is 5.32 Å². The molecule has 0 unspecified atom stereocenters. The minimum Gasteiger partial charge on any atom is -0.310 e. The maximum Gasteiger partial charge on any atom is 0.252 e. The normalized spacial score (nSPS) is 11.1. The van der Waals surface area contributed by atoms with Crippen LogP contribution in [0.4, 0.5) is 5.82 Å². The van der Waals surface area contributed by atoms with Crippen molar-refractivity contribution in [3.63, 3.8) is 0 Å². The van der Waals surface area contributed by atoms with Crippen molar-refractivity contribution in [2.45, 2.75) is 39.5 Å². The second kappa shape index (κ2) is 7.65. The van der Waals surface area contributed by atoms with E-state index < -0.39 is 0 Å². The van der Waals surface area contributed by atoms with Crippen LogP contribution in [0.2, 0.25) is 0 Å². The van der Waals surface area contributed by atoms with Crippen molar-refractivity contribution >= 4 is 23.1 Å². The number of carbonyl (C=O) groups is 1. The van der Waals surface area contributed by atoms with E-state index in [2.05, 4.69) is 20.4 Å². The predicted octanol–water partition coefficient (Wildman–Crippen LogP) is 3.55. The second-order valence-corrected chi connectivity index (χ2v) is 7.20. The Bertz CT molecular complexity index is 956. The minimum atomic E-state index is -0.252.